The van der Waals surface area contributed by atoms with Gasteiger partial charge in [0.2, 0.25) is 0 Å². The maximum atomic E-state index is 12.6. The number of nitrogens with one attached hydrogen (secondary N) is 1. The molecule has 0 bridgehead atoms. The van der Waals surface area contributed by atoms with Crippen LogP contribution in [0.5, 0.6) is 11.5 Å². The van der Waals surface area contributed by atoms with Crippen LogP contribution in [-0.2, 0) is 5.75 Å². The van der Waals surface area contributed by atoms with Gasteiger partial charge in [0.1, 0.15) is 17.6 Å². The van der Waals surface area contributed by atoms with Crippen LogP contribution in [0, 0.1) is 6.92 Å². The van der Waals surface area contributed by atoms with Crippen LogP contribution in [0.25, 0.3) is 0 Å². The van der Waals surface area contributed by atoms with Gasteiger partial charge >= 0.3 is 0 Å². The molecule has 2 aromatic carbocycles. The number of aromatic nitrogens is 1. The molecule has 5 nitrogen and oxygen atoms in total. The number of benzene rings is 2. The average Bonchev–Trinajstić information content (AvgIpc) is 3.12. The number of halogens is 1. The smallest absolute Gasteiger partial charge is 0.255 e. The lowest BCUT2D eigenvalue weighted by atomic mass is 10.1. The molecule has 0 saturated heterocycles. The first-order chi connectivity index (χ1) is 13.6. The second-order valence-electron chi connectivity index (χ2n) is 6.17. The Hall–Kier alpha value is -2.22. The summed E-state index contributed by atoms with van der Waals surface area (Å²) in [5.74, 6) is 1.75. The molecule has 0 atom stereocenters. The standard InChI is InChI=1S/C20H17ClN2O3S2/c1-12-10-27-20(22-12)28-11-13-2-4-14(5-3-13)19(24)23-16-9-18-17(8-15(16)21)25-6-7-26-18/h2-5,8-10H,6-7,11H2,1H3,(H,23,24). The lowest BCUT2D eigenvalue weighted by Gasteiger charge is -2.20. The van der Waals surface area contributed by atoms with Crippen molar-refractivity contribution in [2.24, 2.45) is 0 Å². The number of hydrogen-bond acceptors (Lipinski definition) is 6. The molecule has 2 heterocycles. The van der Waals surface area contributed by atoms with Gasteiger partial charge in [-0.05, 0) is 24.6 Å². The van der Waals surface area contributed by atoms with E-state index in [1.165, 1.54) is 0 Å². The molecule has 1 amide bonds. The van der Waals surface area contributed by atoms with Crippen molar-refractivity contribution < 1.29 is 14.3 Å². The van der Waals surface area contributed by atoms with E-state index in [1.54, 1.807) is 35.2 Å². The first kappa shape index (κ1) is 19.1. The van der Waals surface area contributed by atoms with E-state index in [9.17, 15) is 4.79 Å². The van der Waals surface area contributed by atoms with E-state index < -0.39 is 0 Å². The highest BCUT2D eigenvalue weighted by Crippen LogP contribution is 2.38. The Morgan fingerprint density at radius 1 is 1.21 bits per heavy atom. The lowest BCUT2D eigenvalue weighted by molar-refractivity contribution is 0.102. The van der Waals surface area contributed by atoms with Gasteiger partial charge in [-0.25, -0.2) is 4.98 Å². The molecule has 28 heavy (non-hydrogen) atoms. The normalized spacial score (nSPS) is 12.6. The van der Waals surface area contributed by atoms with Gasteiger partial charge in [0.15, 0.2) is 11.5 Å². The molecule has 144 valence electrons. The lowest BCUT2D eigenvalue weighted by Crippen LogP contribution is -2.17. The minimum atomic E-state index is -0.228. The summed E-state index contributed by atoms with van der Waals surface area (Å²) in [5, 5.41) is 5.28. The van der Waals surface area contributed by atoms with Crippen molar-refractivity contribution >= 4 is 46.3 Å². The number of carbonyl (C=O) groups excluding carboxylic acids is 1. The Morgan fingerprint density at radius 2 is 1.93 bits per heavy atom. The maximum Gasteiger partial charge on any atom is 0.255 e. The van der Waals surface area contributed by atoms with E-state index >= 15 is 0 Å². The molecule has 1 aliphatic heterocycles. The third-order valence-electron chi connectivity index (χ3n) is 4.06. The quantitative estimate of drug-likeness (QED) is 0.545. The van der Waals surface area contributed by atoms with Crippen molar-refractivity contribution in [3.63, 3.8) is 0 Å². The number of thioether (sulfide) groups is 1. The SMILES string of the molecule is Cc1csc(SCc2ccc(C(=O)Nc3cc4c(cc3Cl)OCCO4)cc2)n1. The summed E-state index contributed by atoms with van der Waals surface area (Å²) in [6.45, 7) is 2.95. The summed E-state index contributed by atoms with van der Waals surface area (Å²) in [5.41, 5.74) is 3.23. The summed E-state index contributed by atoms with van der Waals surface area (Å²) in [6.07, 6.45) is 0. The van der Waals surface area contributed by atoms with Crippen molar-refractivity contribution in [1.29, 1.82) is 0 Å². The Bertz CT molecular complexity index is 1010. The zero-order valence-corrected chi connectivity index (χ0v) is 17.4. The molecule has 4 rings (SSSR count). The van der Waals surface area contributed by atoms with Crippen LogP contribution in [0.2, 0.25) is 5.02 Å². The van der Waals surface area contributed by atoms with E-state index in [1.807, 2.05) is 36.6 Å². The Labute approximate surface area is 176 Å². The third-order valence-corrected chi connectivity index (χ3v) is 6.58. The van der Waals surface area contributed by atoms with Gasteiger partial charge in [-0.3, -0.25) is 4.79 Å². The Morgan fingerprint density at radius 3 is 2.61 bits per heavy atom. The van der Waals surface area contributed by atoms with Crippen LogP contribution in [0.4, 0.5) is 5.69 Å². The van der Waals surface area contributed by atoms with Crippen LogP contribution in [0.1, 0.15) is 21.6 Å². The van der Waals surface area contributed by atoms with Crippen molar-refractivity contribution in [2.45, 2.75) is 17.0 Å². The molecule has 1 N–H and O–H groups in total. The fourth-order valence-electron chi connectivity index (χ4n) is 2.65. The van der Waals surface area contributed by atoms with Crippen LogP contribution in [0.3, 0.4) is 0 Å². The van der Waals surface area contributed by atoms with Crippen LogP contribution in [0.15, 0.2) is 46.1 Å². The van der Waals surface area contributed by atoms with Crippen LogP contribution >= 0.6 is 34.7 Å². The van der Waals surface area contributed by atoms with Crippen molar-refractivity contribution in [3.8, 4) is 11.5 Å². The number of nitrogens with zero attached hydrogens (tertiary/aromatic N) is 1. The first-order valence-corrected chi connectivity index (χ1v) is 10.9. The molecule has 0 radical (unpaired) electrons. The predicted octanol–water partition coefficient (Wildman–Crippen LogP) is 5.42. The van der Waals surface area contributed by atoms with Gasteiger partial charge in [-0.15, -0.1) is 11.3 Å². The Balaban J connectivity index is 1.41. The number of ether oxygens (including phenoxy) is 2. The van der Waals surface area contributed by atoms with E-state index in [2.05, 4.69) is 10.3 Å². The molecule has 0 saturated carbocycles. The number of hydrogen-bond donors (Lipinski definition) is 1. The highest BCUT2D eigenvalue weighted by Gasteiger charge is 2.17. The molecule has 0 fully saturated rings. The molecule has 0 unspecified atom stereocenters. The van der Waals surface area contributed by atoms with Crippen molar-refractivity contribution in [1.82, 2.24) is 4.98 Å². The fraction of sp³-hybridized carbons (Fsp3) is 0.200. The van der Waals surface area contributed by atoms with Gasteiger partial charge in [0, 0.05) is 34.5 Å². The maximum absolute atomic E-state index is 12.6. The van der Waals surface area contributed by atoms with Gasteiger partial charge in [-0.2, -0.15) is 0 Å². The largest absolute Gasteiger partial charge is 0.486 e. The molecule has 1 aliphatic rings. The summed E-state index contributed by atoms with van der Waals surface area (Å²) in [6, 6.07) is 10.9. The molecule has 0 aliphatic carbocycles. The van der Waals surface area contributed by atoms with Crippen LogP contribution in [-0.4, -0.2) is 24.1 Å². The highest BCUT2D eigenvalue weighted by molar-refractivity contribution is 8.00. The van der Waals surface area contributed by atoms with Gasteiger partial charge < -0.3 is 14.8 Å². The first-order valence-electron chi connectivity index (χ1n) is 8.63. The van der Waals surface area contributed by atoms with Gasteiger partial charge in [0.25, 0.3) is 5.91 Å². The highest BCUT2D eigenvalue weighted by atomic mass is 35.5. The number of amides is 1. The topological polar surface area (TPSA) is 60.5 Å². The van der Waals surface area contributed by atoms with E-state index in [4.69, 9.17) is 21.1 Å². The number of rotatable bonds is 5. The number of fused-ring (bicyclic) bond motifs is 1. The summed E-state index contributed by atoms with van der Waals surface area (Å²) in [7, 11) is 0. The molecule has 0 spiro atoms. The zero-order chi connectivity index (χ0) is 19.5. The second-order valence-corrected chi connectivity index (χ2v) is 8.66. The second kappa shape index (κ2) is 8.43. The Kier molecular flexibility index (Phi) is 5.75. The van der Waals surface area contributed by atoms with E-state index in [-0.39, 0.29) is 5.91 Å². The number of anilines is 1. The van der Waals surface area contributed by atoms with E-state index in [0.29, 0.717) is 41.0 Å². The predicted molar refractivity (Wildman–Crippen MR) is 113 cm³/mol. The van der Waals surface area contributed by atoms with Gasteiger partial charge in [-0.1, -0.05) is 35.5 Å². The number of carbonyl (C=O) groups is 1. The molecular formula is C20H17ClN2O3S2. The van der Waals surface area contributed by atoms with E-state index in [0.717, 1.165) is 21.3 Å². The minimum absolute atomic E-state index is 0.228. The third kappa shape index (κ3) is 4.43. The molecule has 3 aromatic rings. The fourth-order valence-corrected chi connectivity index (χ4v) is 4.66. The molecule has 1 aromatic heterocycles. The number of thiazole rings is 1. The van der Waals surface area contributed by atoms with Gasteiger partial charge in [0.05, 0.1) is 10.7 Å². The molecule has 8 heteroatoms. The summed E-state index contributed by atoms with van der Waals surface area (Å²) in [4.78, 5) is 17.0. The summed E-state index contributed by atoms with van der Waals surface area (Å²) < 4.78 is 12.1. The average molecular weight is 433 g/mol. The van der Waals surface area contributed by atoms with Crippen LogP contribution < -0.4 is 14.8 Å². The number of aryl methyl sites for hydroxylation is 1. The summed E-state index contributed by atoms with van der Waals surface area (Å²) >= 11 is 9.60. The van der Waals surface area contributed by atoms with Crippen molar-refractivity contribution in [2.75, 3.05) is 18.5 Å². The zero-order valence-electron chi connectivity index (χ0n) is 15.0. The van der Waals surface area contributed by atoms with Crippen molar-refractivity contribution in [3.05, 3.63) is 63.6 Å². The molecular weight excluding hydrogens is 416 g/mol. The minimum Gasteiger partial charge on any atom is -0.486 e. The monoisotopic (exact) mass is 432 g/mol.